The van der Waals surface area contributed by atoms with Crippen LogP contribution < -0.4 is 0 Å². The molecule has 0 saturated heterocycles. The van der Waals surface area contributed by atoms with Crippen LogP contribution in [0.1, 0.15) is 130 Å². The van der Waals surface area contributed by atoms with E-state index < -0.39 is 64.5 Å². The molecular weight excluding hydrogens is 677 g/mol. The average Bonchev–Trinajstić information content (AvgIpc) is 2.89. The van der Waals surface area contributed by atoms with Crippen LogP contribution in [0.15, 0.2) is 0 Å². The summed E-state index contributed by atoms with van der Waals surface area (Å²) in [5.41, 5.74) is 0. The van der Waals surface area contributed by atoms with Crippen LogP contribution in [0.3, 0.4) is 0 Å². The van der Waals surface area contributed by atoms with Crippen molar-refractivity contribution in [2.45, 2.75) is 162 Å². The van der Waals surface area contributed by atoms with Crippen LogP contribution in [0.4, 0.5) is 43.9 Å². The fourth-order valence-corrected chi connectivity index (χ4v) is 14.0. The Bertz CT molecular complexity index is 622. The van der Waals surface area contributed by atoms with E-state index in [0.717, 1.165) is 64.2 Å². The Labute approximate surface area is 244 Å². The van der Waals surface area contributed by atoms with Crippen LogP contribution in [0.2, 0.25) is 0 Å². The summed E-state index contributed by atoms with van der Waals surface area (Å²) in [7, 11) is 0. The van der Waals surface area contributed by atoms with E-state index >= 15 is 17.6 Å². The molecule has 0 N–H and O–H groups in total. The zero-order valence-electron chi connectivity index (χ0n) is 25.0. The molecule has 0 rings (SSSR count). The van der Waals surface area contributed by atoms with Gasteiger partial charge in [0.15, 0.2) is 0 Å². The van der Waals surface area contributed by atoms with Crippen molar-refractivity contribution in [3.8, 4) is 0 Å². The van der Waals surface area contributed by atoms with Crippen LogP contribution >= 0.6 is 0 Å². The van der Waals surface area contributed by atoms with Gasteiger partial charge in [0.05, 0.1) is 0 Å². The summed E-state index contributed by atoms with van der Waals surface area (Å²) >= 11 is -8.56. The summed E-state index contributed by atoms with van der Waals surface area (Å²) in [6.45, 7) is 2.07. The van der Waals surface area contributed by atoms with Gasteiger partial charge in [0.25, 0.3) is 0 Å². The summed E-state index contributed by atoms with van der Waals surface area (Å²) in [5, 5.41) is 0. The number of halogens is 10. The van der Waals surface area contributed by atoms with Gasteiger partial charge in [-0.2, -0.15) is 0 Å². The summed E-state index contributed by atoms with van der Waals surface area (Å²) in [4.78, 5) is 0. The topological polar surface area (TPSA) is 18.5 Å². The van der Waals surface area contributed by atoms with Gasteiger partial charge in [0.2, 0.25) is 0 Å². The molecule has 2 unspecified atom stereocenters. The first-order valence-electron chi connectivity index (χ1n) is 15.1. The minimum absolute atomic E-state index is 0.00961. The molecule has 0 heterocycles. The Morgan fingerprint density at radius 1 is 0.463 bits per heavy atom. The number of rotatable bonds is 26. The van der Waals surface area contributed by atoms with Crippen molar-refractivity contribution < 1.29 is 50.1 Å². The molecule has 0 aliphatic rings. The third-order valence-corrected chi connectivity index (χ3v) is 17.4. The summed E-state index contributed by atoms with van der Waals surface area (Å²) in [6.07, 6.45) is 3.11. The van der Waals surface area contributed by atoms with Gasteiger partial charge in [-0.25, -0.2) is 0 Å². The van der Waals surface area contributed by atoms with Gasteiger partial charge >= 0.3 is 245 Å². The van der Waals surface area contributed by atoms with E-state index in [1.165, 1.54) is 0 Å². The van der Waals surface area contributed by atoms with Gasteiger partial charge in [-0.1, -0.05) is 0 Å². The standard InChI is InChI=1S/2C10H21O.2C4H4F5.Sn/c2*1-2-3-4-5-6-7-8-9-10-11;2*1-2(5)4(8,9)3(6)7;/h2*2-10H2,1H3;2*2H,1H3;/q2*-1;;;+2. The third-order valence-electron chi connectivity index (χ3n) is 7.27. The quantitative estimate of drug-likeness (QED) is 0.0502. The molecule has 0 amide bonds. The van der Waals surface area contributed by atoms with Crippen molar-refractivity contribution >= 4 is 19.2 Å². The Morgan fingerprint density at radius 2 is 0.707 bits per heavy atom. The SMILES string of the molecule is CCCCCCCCCC[O][Sn]([O]CCCCCCCCCC)([C](F)(F)C(F)(F)C(C)F)[C](F)(F)C(F)(F)C(C)F. The van der Waals surface area contributed by atoms with E-state index in [-0.39, 0.29) is 39.5 Å². The third kappa shape index (κ3) is 11.2. The van der Waals surface area contributed by atoms with E-state index in [1.54, 1.807) is 0 Å². The zero-order valence-corrected chi connectivity index (χ0v) is 27.8. The Balaban J connectivity index is 6.03. The monoisotopic (exact) mass is 728 g/mol. The average molecular weight is 727 g/mol. The molecule has 0 aliphatic carbocycles. The number of unbranched alkanes of at least 4 members (excludes halogenated alkanes) is 14. The predicted octanol–water partition coefficient (Wildman–Crippen LogP) is 11.1. The first kappa shape index (κ1) is 41.0. The molecule has 0 spiro atoms. The van der Waals surface area contributed by atoms with Gasteiger partial charge < -0.3 is 0 Å². The van der Waals surface area contributed by atoms with Crippen LogP contribution in [-0.4, -0.2) is 64.5 Å². The summed E-state index contributed by atoms with van der Waals surface area (Å²) in [5.74, 6) is -11.6. The van der Waals surface area contributed by atoms with E-state index in [4.69, 9.17) is 6.15 Å². The first-order valence-corrected chi connectivity index (χ1v) is 20.3. The van der Waals surface area contributed by atoms with Gasteiger partial charge in [0, 0.05) is 0 Å². The molecule has 41 heavy (non-hydrogen) atoms. The molecule has 0 aliphatic heterocycles. The molecule has 0 aromatic carbocycles. The second-order valence-corrected chi connectivity index (χ2v) is 19.6. The van der Waals surface area contributed by atoms with Gasteiger partial charge in [0.1, 0.15) is 0 Å². The van der Waals surface area contributed by atoms with Crippen molar-refractivity contribution in [1.29, 1.82) is 0 Å². The summed E-state index contributed by atoms with van der Waals surface area (Å²) < 4.78 is 145. The maximum atomic E-state index is 15.5. The molecule has 13 heteroatoms. The molecular formula is C28H50F10O2Sn. The van der Waals surface area contributed by atoms with Gasteiger partial charge in [-0.15, -0.1) is 0 Å². The van der Waals surface area contributed by atoms with Crippen LogP contribution in [0.5, 0.6) is 0 Å². The van der Waals surface area contributed by atoms with Crippen LogP contribution in [-0.2, 0) is 6.15 Å². The second kappa shape index (κ2) is 19.4. The van der Waals surface area contributed by atoms with Crippen molar-refractivity contribution in [2.75, 3.05) is 13.2 Å². The van der Waals surface area contributed by atoms with Crippen molar-refractivity contribution in [3.05, 3.63) is 0 Å². The normalized spacial score (nSPS) is 15.4. The summed E-state index contributed by atoms with van der Waals surface area (Å²) in [6, 6.07) is 0. The van der Waals surface area contributed by atoms with Crippen LogP contribution in [0, 0.1) is 0 Å². The van der Waals surface area contributed by atoms with E-state index in [2.05, 4.69) is 0 Å². The van der Waals surface area contributed by atoms with E-state index in [9.17, 15) is 26.3 Å². The Morgan fingerprint density at radius 3 is 0.951 bits per heavy atom. The zero-order chi connectivity index (χ0) is 31.8. The molecule has 0 aromatic heterocycles. The fourth-order valence-electron chi connectivity index (χ4n) is 4.44. The van der Waals surface area contributed by atoms with Crippen molar-refractivity contribution in [3.63, 3.8) is 0 Å². The molecule has 0 aromatic rings. The maximum absolute atomic E-state index is 15.5. The van der Waals surface area contributed by atoms with E-state index in [0.29, 0.717) is 12.8 Å². The minimum atomic E-state index is -8.56. The molecule has 0 radical (unpaired) electrons. The molecule has 0 fully saturated rings. The van der Waals surface area contributed by atoms with E-state index in [1.807, 2.05) is 13.8 Å². The Hall–Kier alpha value is 0.0187. The second-order valence-electron chi connectivity index (χ2n) is 10.9. The van der Waals surface area contributed by atoms with Gasteiger partial charge in [-0.05, 0) is 0 Å². The molecule has 2 nitrogen and oxygen atoms in total. The number of alkyl halides is 10. The molecule has 0 bridgehead atoms. The van der Waals surface area contributed by atoms with Gasteiger partial charge in [-0.3, -0.25) is 0 Å². The number of hydrogen-bond acceptors (Lipinski definition) is 2. The first-order chi connectivity index (χ1) is 19.0. The predicted molar refractivity (Wildman–Crippen MR) is 144 cm³/mol. The van der Waals surface area contributed by atoms with Crippen molar-refractivity contribution in [2.24, 2.45) is 0 Å². The Kier molecular flexibility index (Phi) is 19.4. The molecule has 0 saturated carbocycles. The van der Waals surface area contributed by atoms with Crippen LogP contribution in [0.25, 0.3) is 0 Å². The number of hydrogen-bond donors (Lipinski definition) is 0. The molecule has 248 valence electrons. The fraction of sp³-hybridized carbons (Fsp3) is 1.00. The molecule has 2 atom stereocenters. The van der Waals surface area contributed by atoms with Crippen molar-refractivity contribution in [1.82, 2.24) is 0 Å².